The molecule has 5 rings (SSSR count). The van der Waals surface area contributed by atoms with Gasteiger partial charge in [-0.25, -0.2) is 0 Å². The minimum atomic E-state index is 0.324. The van der Waals surface area contributed by atoms with Gasteiger partial charge in [0.05, 0.1) is 22.7 Å². The first-order valence-electron chi connectivity index (χ1n) is 11.7. The van der Waals surface area contributed by atoms with E-state index in [0.717, 1.165) is 22.6 Å². The molecule has 0 bridgehead atoms. The van der Waals surface area contributed by atoms with Crippen LogP contribution in [0.5, 0.6) is 11.5 Å². The van der Waals surface area contributed by atoms with Crippen LogP contribution in [0.3, 0.4) is 0 Å². The average molecular weight is 435 g/mol. The lowest BCUT2D eigenvalue weighted by Crippen LogP contribution is -2.36. The molecule has 33 heavy (non-hydrogen) atoms. The van der Waals surface area contributed by atoms with Gasteiger partial charge >= 0.3 is 0 Å². The Bertz CT molecular complexity index is 1260. The predicted molar refractivity (Wildman–Crippen MR) is 139 cm³/mol. The van der Waals surface area contributed by atoms with Gasteiger partial charge in [-0.15, -0.1) is 0 Å². The molecule has 0 atom stereocenters. The van der Waals surface area contributed by atoms with Crippen LogP contribution in [0.4, 0.5) is 22.7 Å². The van der Waals surface area contributed by atoms with Gasteiger partial charge in [0, 0.05) is 17.6 Å². The Balaban J connectivity index is 1.65. The number of hydrogen-bond donors (Lipinski definition) is 0. The molecule has 3 nitrogen and oxygen atoms in total. The van der Waals surface area contributed by atoms with E-state index in [-0.39, 0.29) is 0 Å². The van der Waals surface area contributed by atoms with Crippen molar-refractivity contribution in [1.29, 1.82) is 0 Å². The number of fused-ring (bicyclic) bond motifs is 2. The number of rotatable bonds is 5. The fraction of sp³-hybridized carbons (Fsp3) is 0.200. The summed E-state index contributed by atoms with van der Waals surface area (Å²) in [6.07, 6.45) is 0. The number of ether oxygens (including phenoxy) is 1. The molecule has 0 fully saturated rings. The van der Waals surface area contributed by atoms with Crippen molar-refractivity contribution < 1.29 is 4.74 Å². The number of hydrogen-bond acceptors (Lipinski definition) is 3. The first-order chi connectivity index (χ1) is 16.0. The van der Waals surface area contributed by atoms with Crippen molar-refractivity contribution >= 4 is 22.7 Å². The van der Waals surface area contributed by atoms with Crippen molar-refractivity contribution in [3.05, 3.63) is 97.1 Å². The quantitative estimate of drug-likeness (QED) is 0.313. The maximum absolute atomic E-state index is 6.27. The zero-order valence-electron chi connectivity index (χ0n) is 19.7. The van der Waals surface area contributed by atoms with E-state index in [1.165, 1.54) is 22.7 Å². The first kappa shape index (κ1) is 21.1. The molecule has 3 heteroatoms. The van der Waals surface area contributed by atoms with E-state index in [1.807, 2.05) is 42.5 Å². The summed E-state index contributed by atoms with van der Waals surface area (Å²) in [6, 6.07) is 34.4. The summed E-state index contributed by atoms with van der Waals surface area (Å²) in [5.41, 5.74) is 7.21. The Morgan fingerprint density at radius 1 is 0.545 bits per heavy atom. The average Bonchev–Trinajstić information content (AvgIpc) is 2.82. The monoisotopic (exact) mass is 434 g/mol. The highest BCUT2D eigenvalue weighted by Crippen LogP contribution is 2.51. The van der Waals surface area contributed by atoms with Crippen molar-refractivity contribution in [2.45, 2.75) is 39.8 Å². The summed E-state index contributed by atoms with van der Waals surface area (Å²) in [5.74, 6) is 1.70. The number of anilines is 4. The van der Waals surface area contributed by atoms with Crippen molar-refractivity contribution in [1.82, 2.24) is 0 Å². The fourth-order valence-electron chi connectivity index (χ4n) is 4.74. The molecule has 1 aliphatic rings. The molecule has 0 spiro atoms. The summed E-state index contributed by atoms with van der Waals surface area (Å²) in [6.45, 7) is 9.01. The number of benzene rings is 4. The van der Waals surface area contributed by atoms with E-state index < -0.39 is 0 Å². The van der Waals surface area contributed by atoms with Crippen LogP contribution in [0, 0.1) is 0 Å². The Kier molecular flexibility index (Phi) is 5.55. The van der Waals surface area contributed by atoms with E-state index in [9.17, 15) is 0 Å². The molecular weight excluding hydrogens is 404 g/mol. The van der Waals surface area contributed by atoms with Gasteiger partial charge in [0.15, 0.2) is 0 Å². The second kappa shape index (κ2) is 8.67. The summed E-state index contributed by atoms with van der Waals surface area (Å²) >= 11 is 0. The standard InChI is InChI=1S/C30H30N2O/c1-21(2)31-26-15-9-10-16-27(26)32(22(3)4)29-20-23(18-19-28(29)31)25-14-8-11-17-30(25)33-24-12-6-5-7-13-24/h5-22H,1-4H3. The molecular formula is C30H30N2O. The summed E-state index contributed by atoms with van der Waals surface area (Å²) < 4.78 is 6.27. The third-order valence-electron chi connectivity index (χ3n) is 6.10. The summed E-state index contributed by atoms with van der Waals surface area (Å²) in [5, 5.41) is 0. The Labute approximate surface area is 196 Å². The molecule has 0 unspecified atom stereocenters. The molecule has 166 valence electrons. The van der Waals surface area contributed by atoms with Crippen LogP contribution in [-0.2, 0) is 0 Å². The topological polar surface area (TPSA) is 15.7 Å². The Morgan fingerprint density at radius 2 is 1.09 bits per heavy atom. The minimum absolute atomic E-state index is 0.324. The van der Waals surface area contributed by atoms with E-state index >= 15 is 0 Å². The molecule has 0 aromatic heterocycles. The van der Waals surface area contributed by atoms with Gasteiger partial charge in [-0.05, 0) is 75.7 Å². The lowest BCUT2D eigenvalue weighted by atomic mass is 9.98. The van der Waals surface area contributed by atoms with Crippen LogP contribution in [0.2, 0.25) is 0 Å². The van der Waals surface area contributed by atoms with Gasteiger partial charge in [0.2, 0.25) is 0 Å². The van der Waals surface area contributed by atoms with Crippen LogP contribution >= 0.6 is 0 Å². The van der Waals surface area contributed by atoms with Crippen LogP contribution in [0.1, 0.15) is 27.7 Å². The predicted octanol–water partition coefficient (Wildman–Crippen LogP) is 8.55. The third kappa shape index (κ3) is 3.84. The molecule has 0 amide bonds. The molecule has 4 aromatic rings. The SMILES string of the molecule is CC(C)N1c2ccccc2N(C(C)C)c2cc(-c3ccccc3Oc3ccccc3)ccc21. The van der Waals surface area contributed by atoms with Crippen molar-refractivity contribution in [2.75, 3.05) is 9.80 Å². The molecule has 0 aliphatic carbocycles. The zero-order chi connectivity index (χ0) is 22.9. The van der Waals surface area contributed by atoms with Crippen molar-refractivity contribution in [2.24, 2.45) is 0 Å². The van der Waals surface area contributed by atoms with E-state index in [4.69, 9.17) is 4.74 Å². The number of para-hydroxylation sites is 4. The maximum atomic E-state index is 6.27. The molecule has 0 saturated heterocycles. The highest BCUT2D eigenvalue weighted by Gasteiger charge is 2.31. The van der Waals surface area contributed by atoms with E-state index in [0.29, 0.717) is 12.1 Å². The lowest BCUT2D eigenvalue weighted by Gasteiger charge is -2.44. The van der Waals surface area contributed by atoms with Gasteiger partial charge < -0.3 is 14.5 Å². The molecule has 4 aromatic carbocycles. The Hall–Kier alpha value is -3.72. The zero-order valence-corrected chi connectivity index (χ0v) is 19.7. The highest BCUT2D eigenvalue weighted by atomic mass is 16.5. The molecule has 1 aliphatic heterocycles. The summed E-state index contributed by atoms with van der Waals surface area (Å²) in [7, 11) is 0. The van der Waals surface area contributed by atoms with E-state index in [2.05, 4.69) is 92.1 Å². The first-order valence-corrected chi connectivity index (χ1v) is 11.7. The summed E-state index contributed by atoms with van der Waals surface area (Å²) in [4.78, 5) is 4.90. The van der Waals surface area contributed by atoms with Crippen LogP contribution in [0.25, 0.3) is 11.1 Å². The van der Waals surface area contributed by atoms with E-state index in [1.54, 1.807) is 0 Å². The second-order valence-electron chi connectivity index (χ2n) is 9.03. The van der Waals surface area contributed by atoms with Crippen molar-refractivity contribution in [3.63, 3.8) is 0 Å². The number of nitrogens with zero attached hydrogens (tertiary/aromatic N) is 2. The Morgan fingerprint density at radius 3 is 1.76 bits per heavy atom. The van der Waals surface area contributed by atoms with Crippen LogP contribution in [-0.4, -0.2) is 12.1 Å². The van der Waals surface area contributed by atoms with Gasteiger partial charge in [0.1, 0.15) is 11.5 Å². The van der Waals surface area contributed by atoms with Crippen molar-refractivity contribution in [3.8, 4) is 22.6 Å². The molecule has 0 saturated carbocycles. The van der Waals surface area contributed by atoms with Gasteiger partial charge in [-0.1, -0.05) is 54.6 Å². The minimum Gasteiger partial charge on any atom is -0.457 e. The lowest BCUT2D eigenvalue weighted by molar-refractivity contribution is 0.484. The molecule has 0 N–H and O–H groups in total. The maximum Gasteiger partial charge on any atom is 0.135 e. The third-order valence-corrected chi connectivity index (χ3v) is 6.10. The van der Waals surface area contributed by atoms with Gasteiger partial charge in [-0.3, -0.25) is 0 Å². The smallest absolute Gasteiger partial charge is 0.135 e. The highest BCUT2D eigenvalue weighted by molar-refractivity contribution is 5.95. The second-order valence-corrected chi connectivity index (χ2v) is 9.03. The van der Waals surface area contributed by atoms with Gasteiger partial charge in [-0.2, -0.15) is 0 Å². The normalized spacial score (nSPS) is 12.7. The molecule has 0 radical (unpaired) electrons. The molecule has 1 heterocycles. The van der Waals surface area contributed by atoms with Crippen LogP contribution in [0.15, 0.2) is 97.1 Å². The largest absolute Gasteiger partial charge is 0.457 e. The fourth-order valence-corrected chi connectivity index (χ4v) is 4.74. The van der Waals surface area contributed by atoms with Crippen LogP contribution < -0.4 is 14.5 Å². The van der Waals surface area contributed by atoms with Gasteiger partial charge in [0.25, 0.3) is 0 Å².